The van der Waals surface area contributed by atoms with Crippen LogP contribution in [0.1, 0.15) is 11.0 Å². The van der Waals surface area contributed by atoms with Crippen molar-refractivity contribution in [3.8, 4) is 45.3 Å². The second kappa shape index (κ2) is 15.0. The lowest BCUT2D eigenvalue weighted by atomic mass is 9.94. The third-order valence-corrected chi connectivity index (χ3v) is 14.0. The lowest BCUT2D eigenvalue weighted by Crippen LogP contribution is -2.06. The molecule has 5 aromatic heterocycles. The van der Waals surface area contributed by atoms with Gasteiger partial charge in [-0.3, -0.25) is 4.57 Å². The van der Waals surface area contributed by atoms with Crippen molar-refractivity contribution >= 4 is 87.2 Å². The quantitative estimate of drug-likeness (QED) is 0.164. The summed E-state index contributed by atoms with van der Waals surface area (Å²) in [6, 6.07) is 65.0. The average molecular weight is 900 g/mol. The molecule has 5 heteroatoms. The summed E-state index contributed by atoms with van der Waals surface area (Å²) in [5.41, 5.74) is 11.3. The van der Waals surface area contributed by atoms with Gasteiger partial charge in [-0.15, -0.1) is 0 Å². The van der Waals surface area contributed by atoms with E-state index in [0.29, 0.717) is 11.4 Å². The second-order valence-corrected chi connectivity index (χ2v) is 17.7. The number of nitrogens with zero attached hydrogens (tertiary/aromatic N) is 5. The van der Waals surface area contributed by atoms with Crippen LogP contribution < -0.4 is 0 Å². The van der Waals surface area contributed by atoms with Crippen LogP contribution in [0.4, 0.5) is 0 Å². The highest BCUT2D eigenvalue weighted by Crippen LogP contribution is 2.44. The maximum absolute atomic E-state index is 9.57. The number of hydrogen-bond donors (Lipinski definition) is 0. The summed E-state index contributed by atoms with van der Waals surface area (Å²) in [5, 5.41) is 6.40. The van der Waals surface area contributed by atoms with Gasteiger partial charge in [0.05, 0.1) is 72.2 Å². The number of benzene rings is 10. The van der Waals surface area contributed by atoms with Crippen molar-refractivity contribution in [2.45, 2.75) is 0 Å². The van der Waals surface area contributed by atoms with Crippen LogP contribution in [0.25, 0.3) is 132 Å². The van der Waals surface area contributed by atoms with Crippen LogP contribution in [-0.2, 0) is 0 Å². The monoisotopic (exact) mass is 899 g/mol. The summed E-state index contributed by atoms with van der Waals surface area (Å²) in [6.07, 6.45) is 0. The Morgan fingerprint density at radius 2 is 0.743 bits per heavy atom. The number of rotatable bonds is 6. The van der Waals surface area contributed by atoms with E-state index in [4.69, 9.17) is 10.5 Å². The molecule has 0 bridgehead atoms. The molecule has 0 fully saturated rings. The smallest absolute Gasteiger partial charge is 0.140 e. The molecule has 0 radical (unpaired) electrons. The van der Waals surface area contributed by atoms with Crippen LogP contribution in [0.3, 0.4) is 0 Å². The maximum Gasteiger partial charge on any atom is 0.140 e. The molecule has 0 N–H and O–H groups in total. The van der Waals surface area contributed by atoms with Gasteiger partial charge in [-0.2, -0.15) is 0 Å². The van der Waals surface area contributed by atoms with E-state index < -0.39 is 48.3 Å². The molecule has 0 amide bonds. The highest BCUT2D eigenvalue weighted by molar-refractivity contribution is 6.13. The Morgan fingerprint density at radius 1 is 0.314 bits per heavy atom. The molecular formula is C65H41N5. The van der Waals surface area contributed by atoms with E-state index >= 15 is 0 Å². The normalized spacial score (nSPS) is 13.6. The first-order chi connectivity index (χ1) is 38.1. The molecule has 0 aliphatic rings. The van der Waals surface area contributed by atoms with Crippen LogP contribution in [0.5, 0.6) is 0 Å². The van der Waals surface area contributed by atoms with E-state index in [2.05, 4.69) is 171 Å². The molecule has 0 aliphatic heterocycles. The highest BCUT2D eigenvalue weighted by atomic mass is 15.1. The maximum atomic E-state index is 9.57. The SMILES string of the molecule is [2H]c1c([2H])c([2H])c2c(c1[2H])c1c([2H])c([2H])c([2H])c([2H])c1n2-c1cc(-n2c3ccccc3c3ccccc32)cc(-c2c(-c3cccc(-n4c5ccccc5c5ccccc54)c3)cccc2-n2c3ccccc3c3ccccc32)n1. The van der Waals surface area contributed by atoms with Gasteiger partial charge in [-0.1, -0.05) is 170 Å². The molecule has 0 unspecified atom stereocenters. The van der Waals surface area contributed by atoms with E-state index in [1.807, 2.05) is 42.5 Å². The van der Waals surface area contributed by atoms with Gasteiger partial charge in [0.15, 0.2) is 0 Å². The van der Waals surface area contributed by atoms with E-state index in [9.17, 15) is 5.48 Å². The minimum Gasteiger partial charge on any atom is -0.309 e. The van der Waals surface area contributed by atoms with Gasteiger partial charge in [0.2, 0.25) is 0 Å². The molecule has 0 aliphatic carbocycles. The van der Waals surface area contributed by atoms with Crippen LogP contribution in [0.2, 0.25) is 0 Å². The molecule has 0 spiro atoms. The van der Waals surface area contributed by atoms with Crippen molar-refractivity contribution in [2.24, 2.45) is 0 Å². The molecule has 10 aromatic carbocycles. The Balaban J connectivity index is 1.12. The zero-order valence-electron chi connectivity index (χ0n) is 45.3. The third-order valence-electron chi connectivity index (χ3n) is 14.0. The van der Waals surface area contributed by atoms with Crippen molar-refractivity contribution in [1.82, 2.24) is 23.3 Å². The van der Waals surface area contributed by atoms with E-state index in [0.717, 1.165) is 93.5 Å². The Morgan fingerprint density at radius 3 is 1.24 bits per heavy atom. The number of aromatic nitrogens is 5. The van der Waals surface area contributed by atoms with Crippen LogP contribution >= 0.6 is 0 Å². The lowest BCUT2D eigenvalue weighted by Gasteiger charge is -2.21. The second-order valence-electron chi connectivity index (χ2n) is 17.7. The van der Waals surface area contributed by atoms with Gasteiger partial charge in [-0.05, 0) is 83.9 Å². The highest BCUT2D eigenvalue weighted by Gasteiger charge is 2.24. The van der Waals surface area contributed by atoms with Gasteiger partial charge in [0.1, 0.15) is 5.82 Å². The van der Waals surface area contributed by atoms with Crippen molar-refractivity contribution in [3.63, 3.8) is 0 Å². The van der Waals surface area contributed by atoms with Crippen LogP contribution in [-0.4, -0.2) is 23.3 Å². The Labute approximate surface area is 413 Å². The predicted molar refractivity (Wildman–Crippen MR) is 292 cm³/mol. The fourth-order valence-corrected chi connectivity index (χ4v) is 11.2. The number of para-hydroxylation sites is 8. The van der Waals surface area contributed by atoms with Gasteiger partial charge >= 0.3 is 0 Å². The molecule has 0 atom stereocenters. The van der Waals surface area contributed by atoms with Crippen molar-refractivity contribution < 1.29 is 11.0 Å². The van der Waals surface area contributed by atoms with Crippen LogP contribution in [0.15, 0.2) is 249 Å². The minimum atomic E-state index is -0.514. The Bertz CT molecular complexity index is 4870. The fourth-order valence-electron chi connectivity index (χ4n) is 11.2. The molecule has 5 nitrogen and oxygen atoms in total. The molecule has 0 saturated carbocycles. The zero-order chi connectivity index (χ0) is 52.8. The molecule has 70 heavy (non-hydrogen) atoms. The average Bonchev–Trinajstić information content (AvgIpc) is 4.41. The number of pyridine rings is 1. The first kappa shape index (κ1) is 31.5. The molecule has 5 heterocycles. The number of hydrogen-bond acceptors (Lipinski definition) is 1. The molecule has 0 saturated heterocycles. The summed E-state index contributed by atoms with van der Waals surface area (Å²) in [6.45, 7) is 0. The van der Waals surface area contributed by atoms with Crippen molar-refractivity contribution in [3.05, 3.63) is 249 Å². The molecular weight excluding hydrogens is 851 g/mol. The van der Waals surface area contributed by atoms with Crippen molar-refractivity contribution in [2.75, 3.05) is 0 Å². The standard InChI is InChI=1S/C65H41N5/c1-9-30-55-46(21-1)47-22-2-10-31-56(47)67(55)43-20-17-19-42(39-43)45-29-18-38-63(69-59-34-13-5-25-50(59)51-26-6-14-35-60(51)69)65(45)54-40-44(68-57-32-11-3-23-48(57)49-24-4-12-33-58(49)68)41-64(66-54)70-61-36-15-7-27-52(61)53-28-8-16-37-62(53)70/h1-41H/i7D,8D,15D,16D,27D,28D,36D,37D. The first-order valence-corrected chi connectivity index (χ1v) is 23.3. The summed E-state index contributed by atoms with van der Waals surface area (Å²) >= 11 is 0. The molecule has 15 rings (SSSR count). The molecule has 326 valence electrons. The first-order valence-electron chi connectivity index (χ1n) is 27.3. The van der Waals surface area contributed by atoms with E-state index in [1.54, 1.807) is 0 Å². The van der Waals surface area contributed by atoms with E-state index in [1.165, 1.54) is 4.57 Å². The summed E-state index contributed by atoms with van der Waals surface area (Å²) in [7, 11) is 0. The minimum absolute atomic E-state index is 0.0180. The summed E-state index contributed by atoms with van der Waals surface area (Å²) in [4.78, 5) is 5.66. The summed E-state index contributed by atoms with van der Waals surface area (Å²) < 4.78 is 81.8. The van der Waals surface area contributed by atoms with Gasteiger partial charge in [-0.25, -0.2) is 4.98 Å². The Kier molecular flexibility index (Phi) is 6.76. The van der Waals surface area contributed by atoms with Gasteiger partial charge in [0.25, 0.3) is 0 Å². The predicted octanol–water partition coefficient (Wildman–Crippen LogP) is 16.8. The lowest BCUT2D eigenvalue weighted by molar-refractivity contribution is 1.06. The van der Waals surface area contributed by atoms with Gasteiger partial charge < -0.3 is 13.7 Å². The van der Waals surface area contributed by atoms with Gasteiger partial charge in [0, 0.05) is 60.4 Å². The fraction of sp³-hybridized carbons (Fsp3) is 0. The number of fused-ring (bicyclic) bond motifs is 12. The van der Waals surface area contributed by atoms with Crippen molar-refractivity contribution in [1.29, 1.82) is 0 Å². The zero-order valence-corrected chi connectivity index (χ0v) is 37.3. The topological polar surface area (TPSA) is 32.6 Å². The summed E-state index contributed by atoms with van der Waals surface area (Å²) in [5.74, 6) is 0.182. The molecule has 15 aromatic rings. The third kappa shape index (κ3) is 5.57. The van der Waals surface area contributed by atoms with E-state index in [-0.39, 0.29) is 27.6 Å². The Hall–Kier alpha value is -9.45. The largest absolute Gasteiger partial charge is 0.309 e. The van der Waals surface area contributed by atoms with Crippen LogP contribution in [0, 0.1) is 0 Å².